The van der Waals surface area contributed by atoms with Crippen molar-refractivity contribution in [1.29, 1.82) is 0 Å². The molecule has 1 aliphatic rings. The van der Waals surface area contributed by atoms with Crippen LogP contribution in [-0.4, -0.2) is 27.5 Å². The Labute approximate surface area is 167 Å². The number of halogens is 1. The number of hydrazone groups is 1. The standard InChI is InChI=1S/C19H23FN6OS/c1-13(2)26-16(9-10-24-26)18-7-8-19(25(28-18)12-23-21)22-11-14-15(20)5-4-6-17(14)27-3/h4-10,12-13,22H,11,21H2,1-3H3/b23-12-. The fourth-order valence-electron chi connectivity index (χ4n) is 2.83. The first-order chi connectivity index (χ1) is 13.5. The lowest BCUT2D eigenvalue weighted by atomic mass is 10.2. The van der Waals surface area contributed by atoms with Gasteiger partial charge >= 0.3 is 0 Å². The second kappa shape index (κ2) is 8.83. The largest absolute Gasteiger partial charge is 0.496 e. The van der Waals surface area contributed by atoms with Gasteiger partial charge in [-0.15, -0.1) is 0 Å². The Balaban J connectivity index is 1.85. The maximum Gasteiger partial charge on any atom is 0.131 e. The quantitative estimate of drug-likeness (QED) is 0.243. The number of allylic oxidation sites excluding steroid dienone is 2. The summed E-state index contributed by atoms with van der Waals surface area (Å²) in [5, 5.41) is 11.2. The summed E-state index contributed by atoms with van der Waals surface area (Å²) in [6.07, 6.45) is 7.17. The van der Waals surface area contributed by atoms with Crippen LogP contribution in [0.4, 0.5) is 4.39 Å². The van der Waals surface area contributed by atoms with Gasteiger partial charge in [0.2, 0.25) is 0 Å². The number of ether oxygens (including phenoxy) is 1. The first-order valence-electron chi connectivity index (χ1n) is 8.76. The molecule has 1 aromatic heterocycles. The first kappa shape index (κ1) is 19.8. The Bertz CT molecular complexity index is 921. The molecule has 1 aromatic carbocycles. The molecule has 0 spiro atoms. The second-order valence-electron chi connectivity index (χ2n) is 6.29. The third-order valence-electron chi connectivity index (χ3n) is 4.15. The van der Waals surface area contributed by atoms with Crippen LogP contribution < -0.4 is 15.9 Å². The number of nitrogens with two attached hydrogens (primary N) is 1. The number of nitrogens with one attached hydrogen (secondary N) is 1. The van der Waals surface area contributed by atoms with Crippen molar-refractivity contribution in [2.75, 3.05) is 7.11 Å². The highest BCUT2D eigenvalue weighted by Gasteiger charge is 2.20. The predicted molar refractivity (Wildman–Crippen MR) is 111 cm³/mol. The molecule has 0 radical (unpaired) electrons. The van der Waals surface area contributed by atoms with Gasteiger partial charge in [0.05, 0.1) is 17.7 Å². The van der Waals surface area contributed by atoms with Gasteiger partial charge in [-0.2, -0.15) is 10.2 Å². The van der Waals surface area contributed by atoms with E-state index in [1.54, 1.807) is 22.6 Å². The van der Waals surface area contributed by atoms with Gasteiger partial charge in [-0.25, -0.2) is 4.39 Å². The van der Waals surface area contributed by atoms with Crippen molar-refractivity contribution in [2.45, 2.75) is 26.4 Å². The fraction of sp³-hybridized carbons (Fsp3) is 0.263. The summed E-state index contributed by atoms with van der Waals surface area (Å²) in [5.74, 6) is 6.28. The van der Waals surface area contributed by atoms with Crippen molar-refractivity contribution in [3.8, 4) is 5.75 Å². The molecule has 9 heteroatoms. The minimum Gasteiger partial charge on any atom is -0.496 e. The van der Waals surface area contributed by atoms with E-state index in [2.05, 4.69) is 29.4 Å². The molecule has 2 aromatic rings. The zero-order valence-electron chi connectivity index (χ0n) is 16.0. The van der Waals surface area contributed by atoms with E-state index in [9.17, 15) is 4.39 Å². The smallest absolute Gasteiger partial charge is 0.131 e. The number of benzene rings is 1. The Morgan fingerprint density at radius 1 is 1.36 bits per heavy atom. The van der Waals surface area contributed by atoms with Crippen molar-refractivity contribution >= 4 is 23.2 Å². The molecular formula is C19H23FN6OS. The van der Waals surface area contributed by atoms with Crippen LogP contribution in [0.5, 0.6) is 5.75 Å². The normalized spacial score (nSPS) is 14.4. The van der Waals surface area contributed by atoms with Gasteiger partial charge in [-0.3, -0.25) is 8.99 Å². The van der Waals surface area contributed by atoms with Crippen molar-refractivity contribution in [3.63, 3.8) is 0 Å². The molecule has 0 saturated carbocycles. The molecule has 148 valence electrons. The molecule has 3 rings (SSSR count). The lowest BCUT2D eigenvalue weighted by Crippen LogP contribution is -2.28. The maximum atomic E-state index is 14.2. The Morgan fingerprint density at radius 3 is 2.89 bits per heavy atom. The van der Waals surface area contributed by atoms with Crippen LogP contribution in [0, 0.1) is 5.82 Å². The Kier molecular flexibility index (Phi) is 6.25. The molecule has 0 bridgehead atoms. The molecule has 0 aliphatic carbocycles. The fourth-order valence-corrected chi connectivity index (χ4v) is 3.75. The topological polar surface area (TPSA) is 80.7 Å². The van der Waals surface area contributed by atoms with Gasteiger partial charge in [0.25, 0.3) is 0 Å². The van der Waals surface area contributed by atoms with E-state index in [1.807, 2.05) is 22.9 Å². The van der Waals surface area contributed by atoms with E-state index in [-0.39, 0.29) is 18.4 Å². The summed E-state index contributed by atoms with van der Waals surface area (Å²) in [7, 11) is 1.52. The van der Waals surface area contributed by atoms with Crippen LogP contribution >= 0.6 is 11.9 Å². The minimum absolute atomic E-state index is 0.236. The number of hydrogen-bond acceptors (Lipinski definition) is 6. The average Bonchev–Trinajstić information content (AvgIpc) is 3.18. The van der Waals surface area contributed by atoms with Gasteiger partial charge in [0.1, 0.15) is 23.7 Å². The zero-order chi connectivity index (χ0) is 20.1. The molecule has 0 fully saturated rings. The summed E-state index contributed by atoms with van der Waals surface area (Å²) in [6.45, 7) is 4.41. The van der Waals surface area contributed by atoms with Gasteiger partial charge in [0.15, 0.2) is 0 Å². The maximum absolute atomic E-state index is 14.2. The van der Waals surface area contributed by atoms with Crippen LogP contribution in [-0.2, 0) is 6.54 Å². The van der Waals surface area contributed by atoms with E-state index in [0.29, 0.717) is 11.3 Å². The molecule has 1 aliphatic heterocycles. The van der Waals surface area contributed by atoms with Crippen molar-refractivity contribution in [1.82, 2.24) is 19.4 Å². The van der Waals surface area contributed by atoms with Gasteiger partial charge in [0, 0.05) is 24.3 Å². The Morgan fingerprint density at radius 2 is 2.18 bits per heavy atom. The van der Waals surface area contributed by atoms with Crippen LogP contribution in [0.1, 0.15) is 31.1 Å². The van der Waals surface area contributed by atoms with Crippen LogP contribution in [0.2, 0.25) is 0 Å². The van der Waals surface area contributed by atoms with Crippen LogP contribution in [0.15, 0.2) is 53.5 Å². The highest BCUT2D eigenvalue weighted by molar-refractivity contribution is 8.06. The molecular weight excluding hydrogens is 379 g/mol. The number of nitrogens with zero attached hydrogens (tertiary/aromatic N) is 4. The first-order valence-corrected chi connectivity index (χ1v) is 9.54. The van der Waals surface area contributed by atoms with E-state index < -0.39 is 0 Å². The lowest BCUT2D eigenvalue weighted by molar-refractivity contribution is 0.402. The molecule has 0 saturated heterocycles. The molecule has 3 N–H and O–H groups in total. The van der Waals surface area contributed by atoms with E-state index in [4.69, 9.17) is 10.6 Å². The second-order valence-corrected chi connectivity index (χ2v) is 7.31. The third-order valence-corrected chi connectivity index (χ3v) is 5.18. The molecule has 7 nitrogen and oxygen atoms in total. The molecule has 0 unspecified atom stereocenters. The zero-order valence-corrected chi connectivity index (χ0v) is 16.8. The SMILES string of the molecule is COc1cccc(F)c1CNC1=CC=C(c2ccnn2C(C)C)SN1/C=N\N. The van der Waals surface area contributed by atoms with Gasteiger partial charge in [-0.05, 0) is 56.1 Å². The van der Waals surface area contributed by atoms with Gasteiger partial charge < -0.3 is 15.9 Å². The van der Waals surface area contributed by atoms with Crippen molar-refractivity contribution in [3.05, 3.63) is 65.5 Å². The monoisotopic (exact) mass is 402 g/mol. The summed E-state index contributed by atoms with van der Waals surface area (Å²) in [5.41, 5.74) is 1.45. The average molecular weight is 402 g/mol. The molecule has 0 amide bonds. The van der Waals surface area contributed by atoms with Crippen molar-refractivity contribution in [2.24, 2.45) is 10.9 Å². The summed E-state index contributed by atoms with van der Waals surface area (Å²) in [4.78, 5) is 1.00. The summed E-state index contributed by atoms with van der Waals surface area (Å²) in [6, 6.07) is 6.96. The van der Waals surface area contributed by atoms with E-state index in [1.165, 1.54) is 31.5 Å². The Hall–Kier alpha value is -2.94. The molecule has 28 heavy (non-hydrogen) atoms. The highest BCUT2D eigenvalue weighted by atomic mass is 32.2. The van der Waals surface area contributed by atoms with Crippen LogP contribution in [0.25, 0.3) is 4.91 Å². The minimum atomic E-state index is -0.327. The third kappa shape index (κ3) is 4.14. The molecule has 0 atom stereocenters. The van der Waals surface area contributed by atoms with Crippen LogP contribution in [0.3, 0.4) is 0 Å². The number of aromatic nitrogens is 2. The summed E-state index contributed by atoms with van der Waals surface area (Å²) >= 11 is 1.45. The van der Waals surface area contributed by atoms with E-state index in [0.717, 1.165) is 16.4 Å². The van der Waals surface area contributed by atoms with Crippen molar-refractivity contribution < 1.29 is 9.13 Å². The number of hydrogen-bond donors (Lipinski definition) is 2. The van der Waals surface area contributed by atoms with E-state index >= 15 is 0 Å². The van der Waals surface area contributed by atoms with Gasteiger partial charge in [-0.1, -0.05) is 6.07 Å². The summed E-state index contributed by atoms with van der Waals surface area (Å²) < 4.78 is 23.2. The molecule has 2 heterocycles. The highest BCUT2D eigenvalue weighted by Crippen LogP contribution is 2.36. The lowest BCUT2D eigenvalue weighted by Gasteiger charge is -2.27. The number of rotatable bonds is 7. The predicted octanol–water partition coefficient (Wildman–Crippen LogP) is 3.45. The number of methoxy groups -OCH3 is 1.